The molecule has 36 heavy (non-hydrogen) atoms. The number of nitrogens with zero attached hydrogens (tertiary/aromatic N) is 5. The third kappa shape index (κ3) is 4.98. The Morgan fingerprint density at radius 1 is 1.00 bits per heavy atom. The lowest BCUT2D eigenvalue weighted by Gasteiger charge is -2.32. The first-order valence-electron chi connectivity index (χ1n) is 12.1. The molecule has 0 amide bonds. The van der Waals surface area contributed by atoms with Crippen molar-refractivity contribution in [2.75, 3.05) is 45.8 Å². The van der Waals surface area contributed by atoms with E-state index in [0.29, 0.717) is 5.95 Å². The van der Waals surface area contributed by atoms with Crippen LogP contribution < -0.4 is 10.2 Å². The van der Waals surface area contributed by atoms with Gasteiger partial charge in [-0.2, -0.15) is 0 Å². The Bertz CT molecular complexity index is 1420. The van der Waals surface area contributed by atoms with Crippen LogP contribution >= 0.6 is 0 Å². The largest absolute Gasteiger partial charge is 0.497 e. The summed E-state index contributed by atoms with van der Waals surface area (Å²) < 4.78 is 12.8. The van der Waals surface area contributed by atoms with Crippen LogP contribution in [0.1, 0.15) is 20.8 Å². The van der Waals surface area contributed by atoms with E-state index in [0.717, 1.165) is 65.0 Å². The van der Waals surface area contributed by atoms with Crippen molar-refractivity contribution in [1.29, 1.82) is 0 Å². The number of benzene rings is 2. The van der Waals surface area contributed by atoms with Crippen molar-refractivity contribution in [1.82, 2.24) is 24.4 Å². The zero-order valence-corrected chi connectivity index (χ0v) is 21.4. The second-order valence-electron chi connectivity index (χ2n) is 10.1. The molecule has 3 heterocycles. The Kier molecular flexibility index (Phi) is 6.27. The van der Waals surface area contributed by atoms with Crippen molar-refractivity contribution < 1.29 is 14.3 Å². The molecule has 0 aliphatic carbocycles. The van der Waals surface area contributed by atoms with Crippen molar-refractivity contribution in [2.24, 2.45) is 0 Å². The molecule has 188 valence electrons. The van der Waals surface area contributed by atoms with E-state index in [1.165, 1.54) is 0 Å². The van der Waals surface area contributed by atoms with Crippen LogP contribution in [0.15, 0.2) is 48.7 Å². The molecule has 2 aromatic carbocycles. The molecule has 1 saturated heterocycles. The Balaban J connectivity index is 1.51. The predicted molar refractivity (Wildman–Crippen MR) is 141 cm³/mol. The summed E-state index contributed by atoms with van der Waals surface area (Å²) in [4.78, 5) is 24.8. The number of hydrogen-bond donors (Lipinski definition) is 1. The highest BCUT2D eigenvalue weighted by Gasteiger charge is 2.23. The molecule has 1 N–H and O–H groups in total. The summed E-state index contributed by atoms with van der Waals surface area (Å²) in [6.07, 6.45) is 1.38. The molecule has 0 saturated carbocycles. The Morgan fingerprint density at radius 3 is 2.50 bits per heavy atom. The van der Waals surface area contributed by atoms with E-state index >= 15 is 0 Å². The lowest BCUT2D eigenvalue weighted by molar-refractivity contribution is 0.0547. The average molecular weight is 489 g/mol. The van der Waals surface area contributed by atoms with Gasteiger partial charge in [-0.15, -0.1) is 0 Å². The maximum absolute atomic E-state index is 13.3. The fourth-order valence-electron chi connectivity index (χ4n) is 4.34. The van der Waals surface area contributed by atoms with Crippen molar-refractivity contribution in [3.63, 3.8) is 0 Å². The van der Waals surface area contributed by atoms with Crippen LogP contribution in [0.4, 0.5) is 10.7 Å². The number of ether oxygens (including phenoxy) is 2. The van der Waals surface area contributed by atoms with E-state index in [1.54, 1.807) is 11.7 Å². The second-order valence-corrected chi connectivity index (χ2v) is 10.1. The van der Waals surface area contributed by atoms with Gasteiger partial charge in [0.15, 0.2) is 0 Å². The maximum atomic E-state index is 13.3. The molecule has 9 heteroatoms. The average Bonchev–Trinajstić information content (AvgIpc) is 3.23. The number of methoxy groups -OCH3 is 1. The zero-order chi connectivity index (χ0) is 25.4. The van der Waals surface area contributed by atoms with Gasteiger partial charge in [0.1, 0.15) is 11.4 Å². The smallest absolute Gasteiger partial charge is 0.419 e. The summed E-state index contributed by atoms with van der Waals surface area (Å²) in [6, 6.07) is 13.5. The van der Waals surface area contributed by atoms with Crippen LogP contribution in [-0.2, 0) is 4.74 Å². The number of carbonyl (C=O) groups is 1. The fourth-order valence-corrected chi connectivity index (χ4v) is 4.34. The van der Waals surface area contributed by atoms with Gasteiger partial charge >= 0.3 is 6.09 Å². The van der Waals surface area contributed by atoms with Gasteiger partial charge < -0.3 is 14.4 Å². The number of hydrazine groups is 1. The highest BCUT2D eigenvalue weighted by molar-refractivity contribution is 5.98. The van der Waals surface area contributed by atoms with E-state index in [1.807, 2.05) is 69.4 Å². The molecule has 0 atom stereocenters. The molecule has 1 aliphatic heterocycles. The first-order valence-corrected chi connectivity index (χ1v) is 12.1. The van der Waals surface area contributed by atoms with Crippen molar-refractivity contribution in [2.45, 2.75) is 26.4 Å². The number of rotatable bonds is 4. The molecule has 0 radical (unpaired) electrons. The van der Waals surface area contributed by atoms with E-state index in [9.17, 15) is 4.79 Å². The minimum absolute atomic E-state index is 0.430. The first-order chi connectivity index (χ1) is 17.2. The van der Waals surface area contributed by atoms with Crippen molar-refractivity contribution in [3.05, 3.63) is 48.7 Å². The molecule has 0 spiro atoms. The number of likely N-dealkylation sites (N-methyl/N-ethyl adjacent to an activating group) is 1. The summed E-state index contributed by atoms with van der Waals surface area (Å²) in [5.41, 5.74) is 5.88. The van der Waals surface area contributed by atoms with Gasteiger partial charge in [-0.1, -0.05) is 6.07 Å². The molecule has 0 bridgehead atoms. The standard InChI is InChI=1S/C27H32N6O3/c1-27(2,3)36-26(34)33-23-9-7-21(35-5)15-19(23)16-24(33)18-6-8-22-20(14-18)17-28-25(29-22)30-32-12-10-31(4)11-13-32/h6-9,14-17H,10-13H2,1-5H3,(H,28,29,30). The normalized spacial score (nSPS) is 15.4. The number of fused-ring (bicyclic) bond motifs is 2. The first kappa shape index (κ1) is 24.0. The van der Waals surface area contributed by atoms with Crippen LogP contribution in [-0.4, -0.2) is 76.5 Å². The van der Waals surface area contributed by atoms with Crippen molar-refractivity contribution >= 4 is 33.8 Å². The topological polar surface area (TPSA) is 84.8 Å². The number of carbonyl (C=O) groups excluding carboxylic acids is 1. The van der Waals surface area contributed by atoms with Gasteiger partial charge in [-0.3, -0.25) is 5.43 Å². The number of piperazine rings is 1. The number of hydrogen-bond acceptors (Lipinski definition) is 8. The lowest BCUT2D eigenvalue weighted by atomic mass is 10.1. The quantitative estimate of drug-likeness (QED) is 0.446. The summed E-state index contributed by atoms with van der Waals surface area (Å²) in [7, 11) is 3.75. The molecule has 1 fully saturated rings. The minimum Gasteiger partial charge on any atom is -0.497 e. The van der Waals surface area contributed by atoms with Gasteiger partial charge in [0.2, 0.25) is 5.95 Å². The third-order valence-corrected chi connectivity index (χ3v) is 6.22. The maximum Gasteiger partial charge on any atom is 0.419 e. The SMILES string of the molecule is COc1ccc2c(c1)cc(-c1ccc3nc(NN4CCN(C)CC4)ncc3c1)n2C(=O)OC(C)(C)C. The lowest BCUT2D eigenvalue weighted by Crippen LogP contribution is -2.47. The monoisotopic (exact) mass is 488 g/mol. The summed E-state index contributed by atoms with van der Waals surface area (Å²) in [5.74, 6) is 1.30. The summed E-state index contributed by atoms with van der Waals surface area (Å²) in [6.45, 7) is 9.41. The Hall–Kier alpha value is -3.69. The van der Waals surface area contributed by atoms with Gasteiger partial charge in [0.25, 0.3) is 0 Å². The van der Waals surface area contributed by atoms with Gasteiger partial charge in [0, 0.05) is 43.1 Å². The van der Waals surface area contributed by atoms with Crippen LogP contribution in [0.2, 0.25) is 0 Å². The predicted octanol–water partition coefficient (Wildman–Crippen LogP) is 4.62. The molecule has 9 nitrogen and oxygen atoms in total. The molecular weight excluding hydrogens is 456 g/mol. The third-order valence-electron chi connectivity index (χ3n) is 6.22. The summed E-state index contributed by atoms with van der Waals surface area (Å²) >= 11 is 0. The molecule has 5 rings (SSSR count). The van der Waals surface area contributed by atoms with Gasteiger partial charge in [0.05, 0.1) is 23.8 Å². The number of aromatic nitrogens is 3. The zero-order valence-electron chi connectivity index (χ0n) is 21.4. The Labute approximate surface area is 210 Å². The number of anilines is 1. The van der Waals surface area contributed by atoms with E-state index in [-0.39, 0.29) is 0 Å². The van der Waals surface area contributed by atoms with Gasteiger partial charge in [-0.25, -0.2) is 24.3 Å². The Morgan fingerprint density at radius 2 is 1.78 bits per heavy atom. The highest BCUT2D eigenvalue weighted by atomic mass is 16.6. The molecular formula is C27H32N6O3. The molecule has 2 aromatic heterocycles. The molecule has 4 aromatic rings. The summed E-state index contributed by atoms with van der Waals surface area (Å²) in [5, 5.41) is 3.91. The van der Waals surface area contributed by atoms with E-state index in [2.05, 4.69) is 27.4 Å². The van der Waals surface area contributed by atoms with E-state index in [4.69, 9.17) is 14.5 Å². The van der Waals surface area contributed by atoms with Crippen molar-refractivity contribution in [3.8, 4) is 17.0 Å². The van der Waals surface area contributed by atoms with Crippen LogP contribution in [0, 0.1) is 0 Å². The van der Waals surface area contributed by atoms with Crippen LogP contribution in [0.5, 0.6) is 5.75 Å². The molecule has 1 aliphatic rings. The highest BCUT2D eigenvalue weighted by Crippen LogP contribution is 2.33. The second kappa shape index (κ2) is 9.40. The van der Waals surface area contributed by atoms with Gasteiger partial charge in [-0.05, 0) is 69.8 Å². The molecule has 0 unspecified atom stereocenters. The fraction of sp³-hybridized carbons (Fsp3) is 0.370. The number of nitrogens with one attached hydrogen (secondary N) is 1. The minimum atomic E-state index is -0.623. The van der Waals surface area contributed by atoms with Crippen LogP contribution in [0.3, 0.4) is 0 Å². The van der Waals surface area contributed by atoms with E-state index < -0.39 is 11.7 Å². The van der Waals surface area contributed by atoms with Crippen LogP contribution in [0.25, 0.3) is 33.1 Å².